The number of phenols is 2. The van der Waals surface area contributed by atoms with Gasteiger partial charge < -0.3 is 39.5 Å². The fourth-order valence-corrected chi connectivity index (χ4v) is 3.11. The Labute approximate surface area is 219 Å². The Bertz CT molecular complexity index is 963. The van der Waals surface area contributed by atoms with Crippen LogP contribution >= 0.6 is 0 Å². The molecule has 0 aliphatic heterocycles. The molecular formula is C22H22CaO10. The number of benzene rings is 2. The number of methoxy groups -OCH3 is 2. The van der Waals surface area contributed by atoms with E-state index in [0.29, 0.717) is 36.5 Å². The maximum Gasteiger partial charge on any atom is 2.00 e. The molecule has 0 atom stereocenters. The molecule has 0 saturated heterocycles. The molecular weight excluding hydrogens is 464 g/mol. The number of carbonyl (C=O) groups excluding carboxylic acids is 4. The van der Waals surface area contributed by atoms with Gasteiger partial charge in [-0.1, -0.05) is 13.8 Å². The Morgan fingerprint density at radius 1 is 0.818 bits per heavy atom. The Balaban J connectivity index is 0.000000602. The van der Waals surface area contributed by atoms with Crippen molar-refractivity contribution in [1.82, 2.24) is 0 Å². The quantitative estimate of drug-likeness (QED) is 0.379. The maximum absolute atomic E-state index is 10.8. The Kier molecular flexibility index (Phi) is 12.5. The van der Waals surface area contributed by atoms with Crippen molar-refractivity contribution in [1.29, 1.82) is 0 Å². The van der Waals surface area contributed by atoms with Gasteiger partial charge in [0.05, 0.1) is 26.2 Å². The zero-order valence-electron chi connectivity index (χ0n) is 18.6. The van der Waals surface area contributed by atoms with E-state index in [4.69, 9.17) is 9.47 Å². The molecule has 0 bridgehead atoms. The number of aldehydes is 2. The van der Waals surface area contributed by atoms with Crippen molar-refractivity contribution >= 4 is 62.2 Å². The van der Waals surface area contributed by atoms with E-state index in [-0.39, 0.29) is 60.4 Å². The van der Waals surface area contributed by atoms with Crippen molar-refractivity contribution in [3.8, 4) is 23.0 Å². The van der Waals surface area contributed by atoms with Gasteiger partial charge in [-0.3, -0.25) is 9.59 Å². The maximum atomic E-state index is 10.8. The van der Waals surface area contributed by atoms with Crippen LogP contribution in [0.25, 0.3) is 0 Å². The summed E-state index contributed by atoms with van der Waals surface area (Å²) in [5, 5.41) is 40.7. The summed E-state index contributed by atoms with van der Waals surface area (Å²) in [5.74, 6) is -4.12. The van der Waals surface area contributed by atoms with Gasteiger partial charge in [0.1, 0.15) is 12.6 Å². The Morgan fingerprint density at radius 3 is 1.30 bits per heavy atom. The molecule has 2 N–H and O–H groups in total. The third-order valence-corrected chi connectivity index (χ3v) is 4.59. The van der Waals surface area contributed by atoms with Gasteiger partial charge in [-0.15, -0.1) is 0 Å². The van der Waals surface area contributed by atoms with Gasteiger partial charge in [-0.2, -0.15) is 0 Å². The molecule has 0 spiro atoms. The number of aromatic carboxylic acids is 2. The summed E-state index contributed by atoms with van der Waals surface area (Å²) in [6.07, 6.45) is 1.93. The van der Waals surface area contributed by atoms with Crippen molar-refractivity contribution < 1.29 is 49.1 Å². The second-order valence-electron chi connectivity index (χ2n) is 6.27. The van der Waals surface area contributed by atoms with E-state index < -0.39 is 34.6 Å². The standard InChI is InChI=1S/2C11H12O5.Ca/c2*1-3-7-6(5-12)4-8(11(14)15)9(13)10(7)16-2;/h2*4-5,13H,3H2,1-2H3,(H,14,15);/q;;+2/p-2. The topological polar surface area (TPSA) is 173 Å². The molecule has 2 aromatic carbocycles. The number of aromatic hydroxyl groups is 2. The Morgan fingerprint density at radius 2 is 1.12 bits per heavy atom. The van der Waals surface area contributed by atoms with Crippen LogP contribution in [-0.4, -0.2) is 86.7 Å². The molecule has 2 aromatic rings. The second-order valence-corrected chi connectivity index (χ2v) is 6.27. The first-order valence-electron chi connectivity index (χ1n) is 9.31. The van der Waals surface area contributed by atoms with Gasteiger partial charge in [-0.05, 0) is 25.0 Å². The molecule has 33 heavy (non-hydrogen) atoms. The summed E-state index contributed by atoms with van der Waals surface area (Å²) in [5.41, 5.74) is 0.403. The average Bonchev–Trinajstić information content (AvgIpc) is 2.77. The molecule has 10 nitrogen and oxygen atoms in total. The van der Waals surface area contributed by atoms with Crippen molar-refractivity contribution in [3.05, 3.63) is 45.5 Å². The van der Waals surface area contributed by atoms with Crippen LogP contribution in [0.4, 0.5) is 0 Å². The van der Waals surface area contributed by atoms with E-state index in [2.05, 4.69) is 0 Å². The van der Waals surface area contributed by atoms with Crippen LogP contribution in [0.3, 0.4) is 0 Å². The molecule has 172 valence electrons. The minimum absolute atomic E-state index is 0. The summed E-state index contributed by atoms with van der Waals surface area (Å²) in [6.45, 7) is 3.53. The fourth-order valence-electron chi connectivity index (χ4n) is 3.11. The normalized spacial score (nSPS) is 9.58. The van der Waals surface area contributed by atoms with Gasteiger partial charge >= 0.3 is 37.7 Å². The van der Waals surface area contributed by atoms with Gasteiger partial charge in [0.2, 0.25) is 0 Å². The number of carbonyl (C=O) groups is 4. The first-order valence-corrected chi connectivity index (χ1v) is 9.31. The van der Waals surface area contributed by atoms with Crippen LogP contribution in [0.2, 0.25) is 0 Å². The van der Waals surface area contributed by atoms with E-state index >= 15 is 0 Å². The predicted molar refractivity (Wildman–Crippen MR) is 113 cm³/mol. The fraction of sp³-hybridized carbons (Fsp3) is 0.273. The summed E-state index contributed by atoms with van der Waals surface area (Å²) >= 11 is 0. The van der Waals surface area contributed by atoms with E-state index in [0.717, 1.165) is 12.1 Å². The third-order valence-electron chi connectivity index (χ3n) is 4.59. The first-order chi connectivity index (χ1) is 15.1. The van der Waals surface area contributed by atoms with Gasteiger partial charge in [0.25, 0.3) is 0 Å². The van der Waals surface area contributed by atoms with Gasteiger partial charge in [0.15, 0.2) is 23.0 Å². The predicted octanol–water partition coefficient (Wildman–Crippen LogP) is -0.102. The molecule has 0 aliphatic carbocycles. The van der Waals surface area contributed by atoms with Crippen molar-refractivity contribution in [3.63, 3.8) is 0 Å². The van der Waals surface area contributed by atoms with Crippen LogP contribution in [0, 0.1) is 0 Å². The molecule has 0 aliphatic rings. The molecule has 0 radical (unpaired) electrons. The van der Waals surface area contributed by atoms with Crippen LogP contribution in [0.15, 0.2) is 12.1 Å². The minimum Gasteiger partial charge on any atom is -0.545 e. The monoisotopic (exact) mass is 486 g/mol. The van der Waals surface area contributed by atoms with E-state index in [9.17, 15) is 39.6 Å². The number of rotatable bonds is 8. The summed E-state index contributed by atoms with van der Waals surface area (Å²) in [4.78, 5) is 43.0. The van der Waals surface area contributed by atoms with Crippen LogP contribution in [0.1, 0.15) is 66.4 Å². The van der Waals surface area contributed by atoms with E-state index in [1.165, 1.54) is 14.2 Å². The summed E-state index contributed by atoms with van der Waals surface area (Å²) < 4.78 is 9.80. The zero-order chi connectivity index (χ0) is 24.6. The smallest absolute Gasteiger partial charge is 0.545 e. The van der Waals surface area contributed by atoms with Crippen molar-refractivity contribution in [2.24, 2.45) is 0 Å². The SMILES string of the molecule is CCc1c(C=O)cc(C(=O)[O-])c(O)c1OC.CCc1c(C=O)cc(C(=O)[O-])c(O)c1OC.[Ca+2]. The molecule has 0 fully saturated rings. The van der Waals surface area contributed by atoms with Gasteiger partial charge in [-0.25, -0.2) is 0 Å². The number of ether oxygens (including phenoxy) is 2. The Hall–Kier alpha value is -2.82. The average molecular weight is 486 g/mol. The first kappa shape index (κ1) is 30.2. The number of hydrogen-bond donors (Lipinski definition) is 2. The zero-order valence-corrected chi connectivity index (χ0v) is 20.8. The van der Waals surface area contributed by atoms with Crippen LogP contribution in [-0.2, 0) is 12.8 Å². The number of hydrogen-bond acceptors (Lipinski definition) is 10. The minimum atomic E-state index is -1.55. The second kappa shape index (κ2) is 13.7. The van der Waals surface area contributed by atoms with Crippen LogP contribution in [0.5, 0.6) is 23.0 Å². The summed E-state index contributed by atoms with van der Waals surface area (Å²) in [7, 11) is 2.59. The molecule has 0 amide bonds. The molecule has 0 heterocycles. The van der Waals surface area contributed by atoms with Gasteiger partial charge in [0, 0.05) is 33.4 Å². The van der Waals surface area contributed by atoms with E-state index in [1.807, 2.05) is 0 Å². The number of carboxylic acid groups (broad SMARTS) is 2. The molecule has 0 unspecified atom stereocenters. The van der Waals surface area contributed by atoms with Crippen molar-refractivity contribution in [2.45, 2.75) is 26.7 Å². The number of carboxylic acids is 2. The molecule has 11 heteroatoms. The van der Waals surface area contributed by atoms with E-state index in [1.54, 1.807) is 13.8 Å². The van der Waals surface area contributed by atoms with Crippen molar-refractivity contribution in [2.75, 3.05) is 14.2 Å². The largest absolute Gasteiger partial charge is 2.00 e. The molecule has 2 rings (SSSR count). The van der Waals surface area contributed by atoms with Crippen LogP contribution < -0.4 is 19.7 Å². The third kappa shape index (κ3) is 6.59. The summed E-state index contributed by atoms with van der Waals surface area (Å²) in [6, 6.07) is 2.16. The molecule has 0 aromatic heterocycles. The molecule has 0 saturated carbocycles.